The maximum Gasteiger partial charge on any atom is 0.347 e. The molecule has 0 aliphatic heterocycles. The zero-order chi connectivity index (χ0) is 12.8. The minimum Gasteiger partial charge on any atom is -0.312 e. The largest absolute Gasteiger partial charge is 0.347 e. The summed E-state index contributed by atoms with van der Waals surface area (Å²) in [7, 11) is 0. The predicted octanol–water partition coefficient (Wildman–Crippen LogP) is 2.21. The van der Waals surface area contributed by atoms with Crippen molar-refractivity contribution in [1.82, 2.24) is 14.9 Å². The molecule has 1 aliphatic carbocycles. The van der Waals surface area contributed by atoms with Crippen molar-refractivity contribution in [1.29, 1.82) is 0 Å². The summed E-state index contributed by atoms with van der Waals surface area (Å²) in [6.07, 6.45) is 10.9. The number of nitrogens with one attached hydrogen (secondary N) is 1. The molecule has 0 aromatic carbocycles. The van der Waals surface area contributed by atoms with Gasteiger partial charge >= 0.3 is 5.69 Å². The van der Waals surface area contributed by atoms with Gasteiger partial charge in [-0.25, -0.2) is 9.78 Å². The molecule has 100 valence electrons. The van der Waals surface area contributed by atoms with Crippen LogP contribution in [0.3, 0.4) is 0 Å². The number of halogens is 1. The molecular weight excluding hydrogens is 250 g/mol. The lowest BCUT2D eigenvalue weighted by Gasteiger charge is -2.16. The average molecular weight is 270 g/mol. The van der Waals surface area contributed by atoms with Gasteiger partial charge in [0.05, 0.1) is 11.2 Å². The van der Waals surface area contributed by atoms with Crippen LogP contribution in [-0.4, -0.2) is 22.1 Å². The normalized spacial score (nSPS) is 17.6. The van der Waals surface area contributed by atoms with Crippen LogP contribution >= 0.6 is 11.6 Å². The molecule has 1 saturated carbocycles. The molecule has 1 aromatic heterocycles. The van der Waals surface area contributed by atoms with Crippen molar-refractivity contribution in [2.24, 2.45) is 0 Å². The van der Waals surface area contributed by atoms with Crippen LogP contribution in [0.4, 0.5) is 0 Å². The Balaban J connectivity index is 1.80. The number of hydrogen-bond acceptors (Lipinski definition) is 3. The van der Waals surface area contributed by atoms with Gasteiger partial charge in [-0.15, -0.1) is 0 Å². The van der Waals surface area contributed by atoms with Gasteiger partial charge in [0.2, 0.25) is 0 Å². The van der Waals surface area contributed by atoms with Gasteiger partial charge in [0, 0.05) is 25.3 Å². The summed E-state index contributed by atoms with van der Waals surface area (Å²) < 4.78 is 1.56. The van der Waals surface area contributed by atoms with Crippen LogP contribution in [0.1, 0.15) is 38.5 Å². The van der Waals surface area contributed by atoms with E-state index in [0.717, 1.165) is 6.54 Å². The van der Waals surface area contributed by atoms with E-state index in [1.165, 1.54) is 44.7 Å². The highest BCUT2D eigenvalue weighted by molar-refractivity contribution is 6.30. The van der Waals surface area contributed by atoms with Crippen molar-refractivity contribution in [3.63, 3.8) is 0 Å². The highest BCUT2D eigenvalue weighted by atomic mass is 35.5. The summed E-state index contributed by atoms with van der Waals surface area (Å²) >= 11 is 5.82. The zero-order valence-corrected chi connectivity index (χ0v) is 11.3. The van der Waals surface area contributed by atoms with Gasteiger partial charge in [-0.3, -0.25) is 4.57 Å². The lowest BCUT2D eigenvalue weighted by atomic mass is 10.1. The van der Waals surface area contributed by atoms with Crippen LogP contribution in [0, 0.1) is 0 Å². The SMILES string of the molecule is O=c1ncc(Cl)cn1CCNC1CCCCCC1. The Morgan fingerprint density at radius 2 is 2.06 bits per heavy atom. The van der Waals surface area contributed by atoms with E-state index in [1.54, 1.807) is 10.8 Å². The summed E-state index contributed by atoms with van der Waals surface area (Å²) in [5, 5.41) is 4.03. The van der Waals surface area contributed by atoms with Crippen molar-refractivity contribution in [2.45, 2.75) is 51.1 Å². The van der Waals surface area contributed by atoms with Gasteiger partial charge < -0.3 is 5.32 Å². The molecule has 1 N–H and O–H groups in total. The molecule has 4 nitrogen and oxygen atoms in total. The van der Waals surface area contributed by atoms with Crippen LogP contribution in [0.2, 0.25) is 5.02 Å². The topological polar surface area (TPSA) is 46.9 Å². The van der Waals surface area contributed by atoms with E-state index in [0.29, 0.717) is 17.6 Å². The van der Waals surface area contributed by atoms with Crippen LogP contribution in [-0.2, 0) is 6.54 Å². The minimum atomic E-state index is -0.234. The van der Waals surface area contributed by atoms with Crippen molar-refractivity contribution in [2.75, 3.05) is 6.54 Å². The number of aromatic nitrogens is 2. The molecule has 1 fully saturated rings. The van der Waals surface area contributed by atoms with Gasteiger partial charge in [-0.1, -0.05) is 37.3 Å². The Labute approximate surface area is 112 Å². The monoisotopic (exact) mass is 269 g/mol. The van der Waals surface area contributed by atoms with E-state index in [4.69, 9.17) is 11.6 Å². The van der Waals surface area contributed by atoms with Crippen LogP contribution < -0.4 is 11.0 Å². The molecule has 0 amide bonds. The summed E-state index contributed by atoms with van der Waals surface area (Å²) in [6, 6.07) is 0.607. The fourth-order valence-corrected chi connectivity index (χ4v) is 2.63. The Hall–Kier alpha value is -0.870. The Kier molecular flexibility index (Phi) is 5.20. The van der Waals surface area contributed by atoms with Crippen molar-refractivity contribution < 1.29 is 0 Å². The molecule has 2 rings (SSSR count). The molecule has 0 saturated heterocycles. The smallest absolute Gasteiger partial charge is 0.312 e. The van der Waals surface area contributed by atoms with Crippen LogP contribution in [0.25, 0.3) is 0 Å². The molecule has 0 atom stereocenters. The highest BCUT2D eigenvalue weighted by Gasteiger charge is 2.11. The molecular formula is C13H20ClN3O. The maximum absolute atomic E-state index is 11.5. The second-order valence-electron chi connectivity index (χ2n) is 4.89. The first kappa shape index (κ1) is 13.6. The molecule has 0 bridgehead atoms. The molecule has 18 heavy (non-hydrogen) atoms. The third-order valence-electron chi connectivity index (χ3n) is 3.46. The lowest BCUT2D eigenvalue weighted by molar-refractivity contribution is 0.441. The van der Waals surface area contributed by atoms with E-state index < -0.39 is 0 Å². The summed E-state index contributed by atoms with van der Waals surface area (Å²) in [4.78, 5) is 15.2. The zero-order valence-electron chi connectivity index (χ0n) is 10.6. The van der Waals surface area contributed by atoms with E-state index in [9.17, 15) is 4.79 Å². The van der Waals surface area contributed by atoms with Crippen molar-refractivity contribution in [3.05, 3.63) is 27.9 Å². The molecule has 5 heteroatoms. The third kappa shape index (κ3) is 4.10. The first-order valence-corrected chi connectivity index (χ1v) is 7.09. The average Bonchev–Trinajstić information content (AvgIpc) is 2.62. The molecule has 1 aromatic rings. The van der Waals surface area contributed by atoms with E-state index in [-0.39, 0.29) is 5.69 Å². The highest BCUT2D eigenvalue weighted by Crippen LogP contribution is 2.16. The first-order chi connectivity index (χ1) is 8.75. The third-order valence-corrected chi connectivity index (χ3v) is 3.66. The quantitative estimate of drug-likeness (QED) is 0.853. The minimum absolute atomic E-state index is 0.234. The summed E-state index contributed by atoms with van der Waals surface area (Å²) in [6.45, 7) is 1.43. The van der Waals surface area contributed by atoms with Gasteiger partial charge in [-0.2, -0.15) is 0 Å². The summed E-state index contributed by atoms with van der Waals surface area (Å²) in [5.74, 6) is 0. The second kappa shape index (κ2) is 6.90. The number of nitrogens with zero attached hydrogens (tertiary/aromatic N) is 2. The van der Waals surface area contributed by atoms with Gasteiger partial charge in [0.15, 0.2) is 0 Å². The number of rotatable bonds is 4. The van der Waals surface area contributed by atoms with Crippen LogP contribution in [0.15, 0.2) is 17.2 Å². The first-order valence-electron chi connectivity index (χ1n) is 6.71. The molecule has 1 heterocycles. The van der Waals surface area contributed by atoms with Gasteiger partial charge in [0.25, 0.3) is 0 Å². The Bertz CT molecular complexity index is 424. The number of hydrogen-bond donors (Lipinski definition) is 1. The van der Waals surface area contributed by atoms with E-state index >= 15 is 0 Å². The molecule has 0 spiro atoms. The lowest BCUT2D eigenvalue weighted by Crippen LogP contribution is -2.34. The molecule has 1 aliphatic rings. The van der Waals surface area contributed by atoms with Gasteiger partial charge in [0.1, 0.15) is 0 Å². The standard InChI is InChI=1S/C13H20ClN3O/c14-11-9-16-13(18)17(10-11)8-7-15-12-5-3-1-2-4-6-12/h9-10,12,15H,1-8H2. The Morgan fingerprint density at radius 1 is 1.33 bits per heavy atom. The Morgan fingerprint density at radius 3 is 2.78 bits per heavy atom. The van der Waals surface area contributed by atoms with Crippen LogP contribution in [0.5, 0.6) is 0 Å². The van der Waals surface area contributed by atoms with E-state index in [2.05, 4.69) is 10.3 Å². The fraction of sp³-hybridized carbons (Fsp3) is 0.692. The van der Waals surface area contributed by atoms with Crippen molar-refractivity contribution >= 4 is 11.6 Å². The van der Waals surface area contributed by atoms with Crippen molar-refractivity contribution in [3.8, 4) is 0 Å². The second-order valence-corrected chi connectivity index (χ2v) is 5.33. The maximum atomic E-state index is 11.5. The van der Waals surface area contributed by atoms with E-state index in [1.807, 2.05) is 0 Å². The predicted molar refractivity (Wildman–Crippen MR) is 73.0 cm³/mol. The van der Waals surface area contributed by atoms with Gasteiger partial charge in [-0.05, 0) is 12.8 Å². The fourth-order valence-electron chi connectivity index (χ4n) is 2.46. The summed E-state index contributed by atoms with van der Waals surface area (Å²) in [5.41, 5.74) is -0.234. The molecule has 0 radical (unpaired) electrons. The molecule has 0 unspecified atom stereocenters.